The first kappa shape index (κ1) is 22.4. The van der Waals surface area contributed by atoms with Gasteiger partial charge in [0.05, 0.1) is 5.69 Å². The molecule has 0 bridgehead atoms. The van der Waals surface area contributed by atoms with Crippen molar-refractivity contribution in [1.82, 2.24) is 9.55 Å². The van der Waals surface area contributed by atoms with Gasteiger partial charge in [0.1, 0.15) is 5.82 Å². The van der Waals surface area contributed by atoms with Crippen molar-refractivity contribution < 1.29 is 0 Å². The van der Waals surface area contributed by atoms with Gasteiger partial charge in [-0.1, -0.05) is 94.2 Å². The maximum atomic E-state index is 6.61. The van der Waals surface area contributed by atoms with Gasteiger partial charge in [-0.05, 0) is 23.1 Å². The van der Waals surface area contributed by atoms with E-state index in [1.54, 1.807) is 0 Å². The molecule has 0 N–H and O–H groups in total. The Morgan fingerprint density at radius 2 is 1.72 bits per heavy atom. The molecule has 1 aliphatic rings. The van der Waals surface area contributed by atoms with Crippen LogP contribution in [-0.4, -0.2) is 22.1 Å². The van der Waals surface area contributed by atoms with Crippen LogP contribution in [0.5, 0.6) is 0 Å². The number of nitrogens with zero attached hydrogens (tertiary/aromatic N) is 5. The molecule has 0 atom stereocenters. The second kappa shape index (κ2) is 9.37. The minimum absolute atomic E-state index is 0.0794. The van der Waals surface area contributed by atoms with Gasteiger partial charge in [0.25, 0.3) is 0 Å². The average molecular weight is 448 g/mol. The van der Waals surface area contributed by atoms with Crippen LogP contribution in [0.2, 0.25) is 5.15 Å². The molecule has 5 nitrogen and oxygen atoms in total. The van der Waals surface area contributed by atoms with Crippen molar-refractivity contribution in [3.05, 3.63) is 76.3 Å². The monoisotopic (exact) mass is 447 g/mol. The summed E-state index contributed by atoms with van der Waals surface area (Å²) >= 11 is 6.61. The molecule has 0 saturated carbocycles. The van der Waals surface area contributed by atoms with E-state index in [1.807, 2.05) is 12.1 Å². The summed E-state index contributed by atoms with van der Waals surface area (Å²) in [6, 6.07) is 16.9. The Morgan fingerprint density at radius 1 is 1.00 bits per heavy atom. The van der Waals surface area contributed by atoms with Crippen molar-refractivity contribution in [1.29, 1.82) is 0 Å². The molecule has 0 saturated heterocycles. The lowest BCUT2D eigenvalue weighted by molar-refractivity contribution is 0.521. The predicted molar refractivity (Wildman–Crippen MR) is 132 cm³/mol. The zero-order valence-electron chi connectivity index (χ0n) is 19.3. The van der Waals surface area contributed by atoms with E-state index in [2.05, 4.69) is 83.9 Å². The minimum Gasteiger partial charge on any atom is -0.326 e. The maximum absolute atomic E-state index is 6.61. The quantitative estimate of drug-likeness (QED) is 0.382. The first-order valence-corrected chi connectivity index (χ1v) is 11.6. The summed E-state index contributed by atoms with van der Waals surface area (Å²) in [7, 11) is 0. The number of aromatic nitrogens is 2. The molecule has 2 heterocycles. The zero-order valence-corrected chi connectivity index (χ0v) is 20.0. The summed E-state index contributed by atoms with van der Waals surface area (Å²) in [5.41, 5.74) is 5.51. The van der Waals surface area contributed by atoms with E-state index < -0.39 is 0 Å². The molecule has 166 valence electrons. The largest absolute Gasteiger partial charge is 0.326 e. The molecule has 0 aliphatic carbocycles. The Kier molecular flexibility index (Phi) is 6.56. The number of imidazole rings is 1. The molecular formula is C26H30ClN5. The molecule has 1 aromatic heterocycles. The fraction of sp³-hybridized carbons (Fsp3) is 0.385. The van der Waals surface area contributed by atoms with E-state index in [1.165, 1.54) is 5.56 Å². The number of amidine groups is 1. The van der Waals surface area contributed by atoms with Gasteiger partial charge in [0.2, 0.25) is 0 Å². The van der Waals surface area contributed by atoms with Crippen molar-refractivity contribution >= 4 is 17.4 Å². The number of unbranched alkanes of at least 4 members (excludes halogenated alkanes) is 1. The van der Waals surface area contributed by atoms with Crippen molar-refractivity contribution in [3.63, 3.8) is 0 Å². The van der Waals surface area contributed by atoms with Crippen LogP contribution in [0.25, 0.3) is 11.1 Å². The Labute approximate surface area is 195 Å². The van der Waals surface area contributed by atoms with Crippen molar-refractivity contribution in [2.75, 3.05) is 6.67 Å². The lowest BCUT2D eigenvalue weighted by atomic mass is 9.92. The molecule has 0 fully saturated rings. The Balaban J connectivity index is 1.65. The van der Waals surface area contributed by atoms with Gasteiger partial charge in [-0.25, -0.2) is 9.98 Å². The van der Waals surface area contributed by atoms with Crippen LogP contribution in [-0.2, 0) is 18.4 Å². The van der Waals surface area contributed by atoms with Gasteiger partial charge in [0.15, 0.2) is 17.7 Å². The third-order valence-corrected chi connectivity index (χ3v) is 5.95. The Morgan fingerprint density at radius 3 is 2.34 bits per heavy atom. The molecule has 4 rings (SSSR count). The highest BCUT2D eigenvalue weighted by Gasteiger charge is 2.26. The highest BCUT2D eigenvalue weighted by atomic mass is 35.5. The second-order valence-electron chi connectivity index (χ2n) is 9.21. The standard InChI is InChI=1S/C26H30ClN5/c1-5-6-11-22-30-24(27)23(26(2,3)4)32(22)16-18-12-14-19(15-13-18)20-9-7-8-10-21(20)25-28-17-29-31-25/h7-10,12-15H,5-6,11,16-17H2,1-4H3. The first-order valence-electron chi connectivity index (χ1n) is 11.2. The number of aliphatic imine (C=N–C) groups is 1. The highest BCUT2D eigenvalue weighted by Crippen LogP contribution is 2.32. The van der Waals surface area contributed by atoms with Crippen LogP contribution < -0.4 is 0 Å². The van der Waals surface area contributed by atoms with Gasteiger partial charge in [-0.15, -0.1) is 5.11 Å². The van der Waals surface area contributed by atoms with Crippen LogP contribution in [0.15, 0.2) is 63.8 Å². The number of hydrogen-bond donors (Lipinski definition) is 0. The smallest absolute Gasteiger partial charge is 0.179 e. The molecular weight excluding hydrogens is 418 g/mol. The van der Waals surface area contributed by atoms with E-state index >= 15 is 0 Å². The molecule has 0 spiro atoms. The fourth-order valence-corrected chi connectivity index (χ4v) is 4.63. The Bertz CT molecular complexity index is 1150. The molecule has 1 aliphatic heterocycles. The summed E-state index contributed by atoms with van der Waals surface area (Å²) < 4.78 is 2.31. The van der Waals surface area contributed by atoms with E-state index in [-0.39, 0.29) is 5.41 Å². The third-order valence-electron chi connectivity index (χ3n) is 5.69. The number of rotatable bonds is 7. The van der Waals surface area contributed by atoms with Gasteiger partial charge in [-0.2, -0.15) is 5.11 Å². The molecule has 0 unspecified atom stereocenters. The van der Waals surface area contributed by atoms with E-state index in [9.17, 15) is 0 Å². The molecule has 0 amide bonds. The summed E-state index contributed by atoms with van der Waals surface area (Å²) in [5, 5.41) is 8.81. The van der Waals surface area contributed by atoms with Crippen LogP contribution >= 0.6 is 11.6 Å². The second-order valence-corrected chi connectivity index (χ2v) is 9.57. The highest BCUT2D eigenvalue weighted by molar-refractivity contribution is 6.30. The lowest BCUT2D eigenvalue weighted by Gasteiger charge is -2.23. The van der Waals surface area contributed by atoms with Crippen molar-refractivity contribution in [3.8, 4) is 11.1 Å². The summed E-state index contributed by atoms with van der Waals surface area (Å²) in [5.74, 6) is 1.77. The molecule has 32 heavy (non-hydrogen) atoms. The molecule has 6 heteroatoms. The maximum Gasteiger partial charge on any atom is 0.179 e. The van der Waals surface area contributed by atoms with E-state index in [0.717, 1.165) is 54.0 Å². The Hall–Kier alpha value is -2.79. The van der Waals surface area contributed by atoms with Gasteiger partial charge < -0.3 is 4.57 Å². The zero-order chi connectivity index (χ0) is 22.7. The van der Waals surface area contributed by atoms with E-state index in [0.29, 0.717) is 17.7 Å². The summed E-state index contributed by atoms with van der Waals surface area (Å²) in [4.78, 5) is 9.12. The predicted octanol–water partition coefficient (Wildman–Crippen LogP) is 7.06. The van der Waals surface area contributed by atoms with Crippen molar-refractivity contribution in [2.24, 2.45) is 15.2 Å². The number of aryl methyl sites for hydroxylation is 1. The number of benzene rings is 2. The van der Waals surface area contributed by atoms with Crippen LogP contribution in [0.3, 0.4) is 0 Å². The minimum atomic E-state index is -0.0794. The van der Waals surface area contributed by atoms with Gasteiger partial charge >= 0.3 is 0 Å². The SMILES string of the molecule is CCCCc1nc(Cl)c(C(C)(C)C)n1Cc1ccc(-c2ccccc2C2=NCN=N2)cc1. The number of azo groups is 1. The number of hydrogen-bond acceptors (Lipinski definition) is 4. The van der Waals surface area contributed by atoms with Gasteiger partial charge in [0, 0.05) is 23.9 Å². The van der Waals surface area contributed by atoms with Crippen LogP contribution in [0.4, 0.5) is 0 Å². The van der Waals surface area contributed by atoms with E-state index in [4.69, 9.17) is 16.6 Å². The van der Waals surface area contributed by atoms with Crippen LogP contribution in [0.1, 0.15) is 63.2 Å². The molecule has 2 aromatic carbocycles. The number of halogens is 1. The molecule has 0 radical (unpaired) electrons. The topological polar surface area (TPSA) is 54.9 Å². The lowest BCUT2D eigenvalue weighted by Crippen LogP contribution is -2.20. The normalized spacial score (nSPS) is 13.6. The summed E-state index contributed by atoms with van der Waals surface area (Å²) in [6.07, 6.45) is 3.18. The van der Waals surface area contributed by atoms with Gasteiger partial charge in [-0.3, -0.25) is 0 Å². The third kappa shape index (κ3) is 4.68. The summed E-state index contributed by atoms with van der Waals surface area (Å²) in [6.45, 7) is 9.95. The van der Waals surface area contributed by atoms with Crippen LogP contribution in [0, 0.1) is 0 Å². The first-order chi connectivity index (χ1) is 15.4. The average Bonchev–Trinajstić information content (AvgIpc) is 3.41. The molecule has 3 aromatic rings. The van der Waals surface area contributed by atoms with Crippen molar-refractivity contribution in [2.45, 2.75) is 58.9 Å². The fourth-order valence-electron chi connectivity index (χ4n) is 4.15.